The maximum atomic E-state index is 13.1. The number of hydrogen-bond acceptors (Lipinski definition) is 5. The van der Waals surface area contributed by atoms with Gasteiger partial charge in [0, 0.05) is 25.9 Å². The Labute approximate surface area is 158 Å². The van der Waals surface area contributed by atoms with Crippen molar-refractivity contribution in [1.82, 2.24) is 9.80 Å². The first-order valence-corrected chi connectivity index (χ1v) is 9.67. The lowest BCUT2D eigenvalue weighted by Crippen LogP contribution is -2.53. The predicted molar refractivity (Wildman–Crippen MR) is 97.6 cm³/mol. The van der Waals surface area contributed by atoms with Crippen molar-refractivity contribution < 1.29 is 24.2 Å². The lowest BCUT2D eigenvalue weighted by molar-refractivity contribution is -0.134. The second-order valence-electron chi connectivity index (χ2n) is 7.67. The number of hydrogen-bond donors (Lipinski definition) is 1. The molecule has 0 atom stereocenters. The Morgan fingerprint density at radius 1 is 1.19 bits per heavy atom. The van der Waals surface area contributed by atoms with E-state index in [1.807, 2.05) is 18.2 Å². The first kappa shape index (κ1) is 18.3. The number of piperidine rings is 1. The average Bonchev–Trinajstić information content (AvgIpc) is 2.78. The molecule has 1 aromatic carbocycles. The summed E-state index contributed by atoms with van der Waals surface area (Å²) in [6.45, 7) is 2.66. The van der Waals surface area contributed by atoms with E-state index >= 15 is 0 Å². The van der Waals surface area contributed by atoms with Gasteiger partial charge in [-0.25, -0.2) is 0 Å². The van der Waals surface area contributed by atoms with Crippen LogP contribution in [0.15, 0.2) is 24.3 Å². The second-order valence-corrected chi connectivity index (χ2v) is 7.67. The summed E-state index contributed by atoms with van der Waals surface area (Å²) in [6.07, 6.45) is 2.23. The topological polar surface area (TPSA) is 79.3 Å². The highest BCUT2D eigenvalue weighted by Crippen LogP contribution is 2.35. The molecule has 27 heavy (non-hydrogen) atoms. The van der Waals surface area contributed by atoms with Crippen LogP contribution in [-0.4, -0.2) is 77.8 Å². The summed E-state index contributed by atoms with van der Waals surface area (Å²) in [5.74, 6) is 0.344. The molecule has 0 unspecified atom stereocenters. The van der Waals surface area contributed by atoms with E-state index in [0.29, 0.717) is 69.8 Å². The average molecular weight is 374 g/mol. The minimum Gasteiger partial charge on any atom is -0.484 e. The molecule has 1 N–H and O–H groups in total. The summed E-state index contributed by atoms with van der Waals surface area (Å²) < 4.78 is 11.8. The number of carbonyl (C=O) groups is 2. The van der Waals surface area contributed by atoms with Crippen LogP contribution in [0.3, 0.4) is 0 Å². The van der Waals surface area contributed by atoms with E-state index in [4.69, 9.17) is 9.47 Å². The van der Waals surface area contributed by atoms with E-state index < -0.39 is 5.60 Å². The van der Waals surface area contributed by atoms with Gasteiger partial charge in [-0.15, -0.1) is 0 Å². The van der Waals surface area contributed by atoms with Crippen molar-refractivity contribution in [3.05, 3.63) is 29.8 Å². The number of rotatable bonds is 2. The molecule has 3 heterocycles. The van der Waals surface area contributed by atoms with Crippen molar-refractivity contribution in [3.63, 3.8) is 0 Å². The number of carbonyl (C=O) groups excluding carboxylic acids is 2. The molecule has 2 saturated heterocycles. The quantitative estimate of drug-likeness (QED) is 0.837. The van der Waals surface area contributed by atoms with E-state index in [0.717, 1.165) is 0 Å². The minimum absolute atomic E-state index is 0.0369. The van der Waals surface area contributed by atoms with Crippen LogP contribution in [-0.2, 0) is 9.53 Å². The number of aliphatic hydroxyl groups is 1. The van der Waals surface area contributed by atoms with Gasteiger partial charge < -0.3 is 24.4 Å². The second kappa shape index (κ2) is 7.48. The van der Waals surface area contributed by atoms with Crippen molar-refractivity contribution in [1.29, 1.82) is 0 Å². The van der Waals surface area contributed by atoms with Gasteiger partial charge >= 0.3 is 0 Å². The predicted octanol–water partition coefficient (Wildman–Crippen LogP) is 1.05. The summed E-state index contributed by atoms with van der Waals surface area (Å²) in [4.78, 5) is 29.3. The van der Waals surface area contributed by atoms with Gasteiger partial charge in [-0.2, -0.15) is 0 Å². The van der Waals surface area contributed by atoms with Crippen molar-refractivity contribution in [3.8, 4) is 5.75 Å². The van der Waals surface area contributed by atoms with Gasteiger partial charge in [0.1, 0.15) is 17.9 Å². The molecule has 7 nitrogen and oxygen atoms in total. The molecule has 3 aliphatic rings. The molecule has 0 saturated carbocycles. The lowest BCUT2D eigenvalue weighted by Gasteiger charge is -2.39. The number of likely N-dealkylation sites (tertiary alicyclic amines) is 1. The summed E-state index contributed by atoms with van der Waals surface area (Å²) in [6, 6.07) is 7.25. The van der Waals surface area contributed by atoms with E-state index in [1.54, 1.807) is 15.9 Å². The Morgan fingerprint density at radius 3 is 2.63 bits per heavy atom. The molecule has 0 aliphatic carbocycles. The van der Waals surface area contributed by atoms with Gasteiger partial charge in [0.25, 0.3) is 5.91 Å². The zero-order valence-corrected chi connectivity index (χ0v) is 15.4. The van der Waals surface area contributed by atoms with Gasteiger partial charge in [-0.05, 0) is 25.0 Å². The number of aliphatic hydroxyl groups excluding tert-OH is 1. The van der Waals surface area contributed by atoms with E-state index in [9.17, 15) is 14.7 Å². The molecule has 7 heteroatoms. The highest BCUT2D eigenvalue weighted by atomic mass is 16.5. The Morgan fingerprint density at radius 2 is 1.89 bits per heavy atom. The fourth-order valence-corrected chi connectivity index (χ4v) is 4.10. The molecule has 3 aliphatic heterocycles. The number of ether oxygens (including phenoxy) is 2. The van der Waals surface area contributed by atoms with Gasteiger partial charge in [0.2, 0.25) is 5.91 Å². The van der Waals surface area contributed by atoms with Crippen molar-refractivity contribution in [2.45, 2.75) is 37.4 Å². The van der Waals surface area contributed by atoms with Crippen LogP contribution >= 0.6 is 0 Å². The number of nitrogens with zero attached hydrogens (tertiary/aromatic N) is 2. The van der Waals surface area contributed by atoms with Gasteiger partial charge in [0.05, 0.1) is 31.4 Å². The maximum absolute atomic E-state index is 13.1. The standard InChI is InChI=1S/C20H26N2O5/c23-15-5-9-21(10-6-15)18(24)13-22-14-20(7-11-26-12-8-20)27-17-4-2-1-3-16(17)19(22)25/h1-4,15,23H,5-14H2. The molecular weight excluding hydrogens is 348 g/mol. The molecular formula is C20H26N2O5. The smallest absolute Gasteiger partial charge is 0.258 e. The monoisotopic (exact) mass is 374 g/mol. The highest BCUT2D eigenvalue weighted by Gasteiger charge is 2.42. The van der Waals surface area contributed by atoms with E-state index in [1.165, 1.54) is 0 Å². The first-order valence-electron chi connectivity index (χ1n) is 9.67. The number of amides is 2. The van der Waals surface area contributed by atoms with Crippen LogP contribution in [0.1, 0.15) is 36.0 Å². The largest absolute Gasteiger partial charge is 0.484 e. The van der Waals surface area contributed by atoms with Crippen LogP contribution in [0, 0.1) is 0 Å². The number of benzene rings is 1. The summed E-state index contributed by atoms with van der Waals surface area (Å²) in [5.41, 5.74) is -0.0125. The first-order chi connectivity index (χ1) is 13.1. The normalized spacial score (nSPS) is 22.9. The fourth-order valence-electron chi connectivity index (χ4n) is 4.10. The third kappa shape index (κ3) is 3.80. The molecule has 0 aromatic heterocycles. The molecule has 0 bridgehead atoms. The van der Waals surface area contributed by atoms with Crippen molar-refractivity contribution in [2.24, 2.45) is 0 Å². The molecule has 2 fully saturated rings. The van der Waals surface area contributed by atoms with Gasteiger partial charge in [-0.3, -0.25) is 9.59 Å². The maximum Gasteiger partial charge on any atom is 0.258 e. The molecule has 4 rings (SSSR count). The SMILES string of the molecule is O=C(CN1CC2(CCOCC2)Oc2ccccc2C1=O)N1CCC(O)CC1. The molecule has 146 valence electrons. The molecule has 0 radical (unpaired) electrons. The third-order valence-corrected chi connectivity index (χ3v) is 5.76. The summed E-state index contributed by atoms with van der Waals surface area (Å²) >= 11 is 0. The summed E-state index contributed by atoms with van der Waals surface area (Å²) in [5, 5.41) is 9.65. The zero-order valence-electron chi connectivity index (χ0n) is 15.4. The van der Waals surface area contributed by atoms with E-state index in [2.05, 4.69) is 0 Å². The number of fused-ring (bicyclic) bond motifs is 1. The number of para-hydroxylation sites is 1. The Balaban J connectivity index is 1.57. The zero-order chi connectivity index (χ0) is 18.9. The molecule has 2 amide bonds. The molecule has 1 aromatic rings. The van der Waals surface area contributed by atoms with E-state index in [-0.39, 0.29) is 24.5 Å². The van der Waals surface area contributed by atoms with Crippen LogP contribution in [0.2, 0.25) is 0 Å². The summed E-state index contributed by atoms with van der Waals surface area (Å²) in [7, 11) is 0. The van der Waals surface area contributed by atoms with Crippen molar-refractivity contribution >= 4 is 11.8 Å². The van der Waals surface area contributed by atoms with Crippen LogP contribution in [0.5, 0.6) is 5.75 Å². The minimum atomic E-state index is -0.515. The van der Waals surface area contributed by atoms with Crippen LogP contribution in [0.25, 0.3) is 0 Å². The third-order valence-electron chi connectivity index (χ3n) is 5.76. The van der Waals surface area contributed by atoms with Gasteiger partial charge in [0.15, 0.2) is 0 Å². The fraction of sp³-hybridized carbons (Fsp3) is 0.600. The van der Waals surface area contributed by atoms with Gasteiger partial charge in [-0.1, -0.05) is 12.1 Å². The molecule has 1 spiro atoms. The lowest BCUT2D eigenvalue weighted by atomic mass is 9.93. The van der Waals surface area contributed by atoms with Crippen LogP contribution in [0.4, 0.5) is 0 Å². The van der Waals surface area contributed by atoms with Crippen molar-refractivity contribution in [2.75, 3.05) is 39.4 Å². The Hall–Kier alpha value is -2.12. The Kier molecular flexibility index (Phi) is 5.06. The highest BCUT2D eigenvalue weighted by molar-refractivity contribution is 5.99. The Bertz CT molecular complexity index is 708. The van der Waals surface area contributed by atoms with Crippen LogP contribution < -0.4 is 4.74 Å².